The molecule has 0 bridgehead atoms. The molecule has 0 aliphatic heterocycles. The number of amides is 1. The number of ether oxygens (including phenoxy) is 2. The van der Waals surface area contributed by atoms with Crippen LogP contribution in [0.5, 0.6) is 11.5 Å². The van der Waals surface area contributed by atoms with Gasteiger partial charge in [0.05, 0.1) is 11.1 Å². The van der Waals surface area contributed by atoms with Crippen LogP contribution in [0, 0.1) is 25.2 Å². The van der Waals surface area contributed by atoms with E-state index in [0.29, 0.717) is 45.5 Å². The molecule has 0 unspecified atom stereocenters. The van der Waals surface area contributed by atoms with E-state index < -0.39 is 5.91 Å². The molecule has 7 heteroatoms. The van der Waals surface area contributed by atoms with E-state index in [1.165, 1.54) is 17.2 Å². The molecular weight excluding hydrogens is 516 g/mol. The molecule has 1 N–H and O–H groups in total. The molecule has 34 heavy (non-hydrogen) atoms. The third kappa shape index (κ3) is 6.86. The number of nitrogens with zero attached hydrogens (tertiary/aromatic N) is 1. The monoisotopic (exact) mass is 538 g/mol. The maximum atomic E-state index is 12.6. The van der Waals surface area contributed by atoms with Gasteiger partial charge in [0.1, 0.15) is 18.2 Å². The summed E-state index contributed by atoms with van der Waals surface area (Å²) in [5, 5.41) is 12.8. The number of halogens is 2. The molecule has 0 saturated heterocycles. The second-order valence-corrected chi connectivity index (χ2v) is 8.97. The summed E-state index contributed by atoms with van der Waals surface area (Å²) in [6, 6.07) is 18.4. The molecule has 3 aromatic carbocycles. The summed E-state index contributed by atoms with van der Waals surface area (Å²) in [7, 11) is 0. The standard InChI is InChI=1S/C27H24BrClN2O3/c1-4-33-25-14-19(12-21(15-30)27(32)31-23-7-5-22(29)6-8-23)13-24(28)26(25)34-16-20-10-17(2)9-18(3)11-20/h5-14H,4,16H2,1-3H3,(H,31,32)/b21-12+. The molecule has 0 aliphatic carbocycles. The molecule has 0 spiro atoms. The molecule has 3 aromatic rings. The van der Waals surface area contributed by atoms with Crippen molar-refractivity contribution in [1.82, 2.24) is 0 Å². The minimum atomic E-state index is -0.519. The van der Waals surface area contributed by atoms with Gasteiger partial charge in [0.15, 0.2) is 11.5 Å². The van der Waals surface area contributed by atoms with Crippen molar-refractivity contribution < 1.29 is 14.3 Å². The van der Waals surface area contributed by atoms with Crippen LogP contribution in [0.15, 0.2) is 64.6 Å². The molecule has 0 radical (unpaired) electrons. The van der Waals surface area contributed by atoms with Crippen LogP contribution in [0.4, 0.5) is 5.69 Å². The van der Waals surface area contributed by atoms with Crippen molar-refractivity contribution in [3.05, 3.63) is 91.9 Å². The number of benzene rings is 3. The van der Waals surface area contributed by atoms with E-state index >= 15 is 0 Å². The minimum Gasteiger partial charge on any atom is -0.490 e. The fourth-order valence-corrected chi connectivity index (χ4v) is 4.13. The number of aryl methyl sites for hydroxylation is 2. The van der Waals surface area contributed by atoms with Crippen molar-refractivity contribution in [2.24, 2.45) is 0 Å². The number of anilines is 1. The quantitative estimate of drug-likeness (QED) is 0.242. The summed E-state index contributed by atoms with van der Waals surface area (Å²) in [5.74, 6) is 0.555. The van der Waals surface area contributed by atoms with Crippen LogP contribution in [0.2, 0.25) is 5.02 Å². The number of nitrogens with one attached hydrogen (secondary N) is 1. The van der Waals surface area contributed by atoms with Crippen molar-refractivity contribution in [3.63, 3.8) is 0 Å². The highest BCUT2D eigenvalue weighted by molar-refractivity contribution is 9.10. The molecule has 0 fully saturated rings. The summed E-state index contributed by atoms with van der Waals surface area (Å²) in [5.41, 5.74) is 4.52. The van der Waals surface area contributed by atoms with E-state index in [9.17, 15) is 10.1 Å². The molecule has 1 amide bonds. The van der Waals surface area contributed by atoms with Gasteiger partial charge >= 0.3 is 0 Å². The molecule has 5 nitrogen and oxygen atoms in total. The van der Waals surface area contributed by atoms with Crippen molar-refractivity contribution in [2.75, 3.05) is 11.9 Å². The second-order valence-electron chi connectivity index (χ2n) is 7.68. The van der Waals surface area contributed by atoms with Gasteiger partial charge in [-0.2, -0.15) is 5.26 Å². The van der Waals surface area contributed by atoms with Gasteiger partial charge in [-0.05, 0) is 90.3 Å². The highest BCUT2D eigenvalue weighted by atomic mass is 79.9. The van der Waals surface area contributed by atoms with Crippen LogP contribution in [-0.4, -0.2) is 12.5 Å². The molecule has 0 aliphatic rings. The Morgan fingerprint density at radius 3 is 2.38 bits per heavy atom. The lowest BCUT2D eigenvalue weighted by atomic mass is 10.1. The smallest absolute Gasteiger partial charge is 0.266 e. The van der Waals surface area contributed by atoms with Crippen molar-refractivity contribution in [1.29, 1.82) is 5.26 Å². The van der Waals surface area contributed by atoms with Crippen molar-refractivity contribution >= 4 is 45.2 Å². The predicted molar refractivity (Wildman–Crippen MR) is 139 cm³/mol. The molecule has 174 valence electrons. The summed E-state index contributed by atoms with van der Waals surface area (Å²) >= 11 is 9.43. The van der Waals surface area contributed by atoms with Crippen LogP contribution in [-0.2, 0) is 11.4 Å². The number of hydrogen-bond donors (Lipinski definition) is 1. The van der Waals surface area contributed by atoms with Gasteiger partial charge in [-0.1, -0.05) is 40.9 Å². The topological polar surface area (TPSA) is 71.3 Å². The average molecular weight is 540 g/mol. The minimum absolute atomic E-state index is 0.0480. The maximum Gasteiger partial charge on any atom is 0.266 e. The number of nitriles is 1. The maximum absolute atomic E-state index is 12.6. The average Bonchev–Trinajstić information content (AvgIpc) is 2.78. The first-order valence-electron chi connectivity index (χ1n) is 10.6. The number of carbonyl (C=O) groups excluding carboxylic acids is 1. The zero-order valence-electron chi connectivity index (χ0n) is 19.1. The highest BCUT2D eigenvalue weighted by Crippen LogP contribution is 2.38. The van der Waals surface area contributed by atoms with Crippen LogP contribution in [0.3, 0.4) is 0 Å². The zero-order chi connectivity index (χ0) is 24.7. The second kappa shape index (κ2) is 11.7. The molecular formula is C27H24BrClN2O3. The summed E-state index contributed by atoms with van der Waals surface area (Å²) in [6.07, 6.45) is 1.51. The molecule has 0 aromatic heterocycles. The number of carbonyl (C=O) groups is 1. The highest BCUT2D eigenvalue weighted by Gasteiger charge is 2.15. The van der Waals surface area contributed by atoms with Crippen LogP contribution >= 0.6 is 27.5 Å². The van der Waals surface area contributed by atoms with Crippen molar-refractivity contribution in [2.45, 2.75) is 27.4 Å². The Hall–Kier alpha value is -3.27. The Bertz CT molecular complexity index is 1240. The van der Waals surface area contributed by atoms with E-state index in [2.05, 4.69) is 53.3 Å². The summed E-state index contributed by atoms with van der Waals surface area (Å²) < 4.78 is 12.5. The third-order valence-corrected chi connectivity index (χ3v) is 5.62. The first kappa shape index (κ1) is 25.4. The lowest BCUT2D eigenvalue weighted by molar-refractivity contribution is -0.112. The Labute approximate surface area is 213 Å². The van der Waals surface area contributed by atoms with Gasteiger partial charge in [-0.3, -0.25) is 4.79 Å². The van der Waals surface area contributed by atoms with Crippen LogP contribution in [0.1, 0.15) is 29.2 Å². The van der Waals surface area contributed by atoms with E-state index in [4.69, 9.17) is 21.1 Å². The molecule has 0 heterocycles. The third-order valence-electron chi connectivity index (χ3n) is 4.77. The van der Waals surface area contributed by atoms with Gasteiger partial charge in [0, 0.05) is 10.7 Å². The van der Waals surface area contributed by atoms with E-state index in [0.717, 1.165) is 5.56 Å². The van der Waals surface area contributed by atoms with Gasteiger partial charge < -0.3 is 14.8 Å². The number of hydrogen-bond acceptors (Lipinski definition) is 4. The fraction of sp³-hybridized carbons (Fsp3) is 0.185. The van der Waals surface area contributed by atoms with Gasteiger partial charge in [-0.15, -0.1) is 0 Å². The van der Waals surface area contributed by atoms with Crippen molar-refractivity contribution in [3.8, 4) is 17.6 Å². The van der Waals surface area contributed by atoms with Crippen LogP contribution < -0.4 is 14.8 Å². The first-order valence-corrected chi connectivity index (χ1v) is 11.8. The van der Waals surface area contributed by atoms with E-state index in [1.54, 1.807) is 36.4 Å². The Balaban J connectivity index is 1.85. The van der Waals surface area contributed by atoms with Gasteiger partial charge in [0.25, 0.3) is 5.91 Å². The summed E-state index contributed by atoms with van der Waals surface area (Å²) in [4.78, 5) is 12.6. The van der Waals surface area contributed by atoms with E-state index in [-0.39, 0.29) is 5.57 Å². The largest absolute Gasteiger partial charge is 0.490 e. The molecule has 3 rings (SSSR count). The molecule has 0 saturated carbocycles. The first-order chi connectivity index (χ1) is 16.3. The zero-order valence-corrected chi connectivity index (χ0v) is 21.5. The molecule has 0 atom stereocenters. The van der Waals surface area contributed by atoms with Crippen LogP contribution in [0.25, 0.3) is 6.08 Å². The normalized spacial score (nSPS) is 11.0. The SMILES string of the molecule is CCOc1cc(/C=C(\C#N)C(=O)Nc2ccc(Cl)cc2)cc(Br)c1OCc1cc(C)cc(C)c1. The predicted octanol–water partition coefficient (Wildman–Crippen LogP) is 7.24. The Morgan fingerprint density at radius 1 is 1.09 bits per heavy atom. The van der Waals surface area contributed by atoms with Gasteiger partial charge in [0.2, 0.25) is 0 Å². The summed E-state index contributed by atoms with van der Waals surface area (Å²) in [6.45, 7) is 6.79. The lowest BCUT2D eigenvalue weighted by Crippen LogP contribution is -2.13. The Kier molecular flexibility index (Phi) is 8.75. The van der Waals surface area contributed by atoms with Gasteiger partial charge in [-0.25, -0.2) is 0 Å². The Morgan fingerprint density at radius 2 is 1.76 bits per heavy atom. The number of rotatable bonds is 8. The fourth-order valence-electron chi connectivity index (χ4n) is 3.43. The lowest BCUT2D eigenvalue weighted by Gasteiger charge is -2.15. The van der Waals surface area contributed by atoms with E-state index in [1.807, 2.05) is 13.0 Å².